The monoisotopic (exact) mass is 408 g/mol. The Morgan fingerprint density at radius 1 is 1.00 bits per heavy atom. The molecule has 0 atom stereocenters. The molecule has 0 spiro atoms. The minimum atomic E-state index is 0.481. The molecule has 2 aromatic rings. The standard InChI is InChI=1S/C12H8Br2Cl2N2/c13-6-1-2-11(8(14)3-6)18-12-9(15)4-7(17)5-10(12)16/h1-5,18H,17H2. The van der Waals surface area contributed by atoms with E-state index in [0.29, 0.717) is 21.4 Å². The van der Waals surface area contributed by atoms with E-state index in [4.69, 9.17) is 28.9 Å². The number of nitrogens with one attached hydrogen (secondary N) is 1. The number of anilines is 3. The molecule has 2 rings (SSSR count). The smallest absolute Gasteiger partial charge is 0.0764 e. The minimum absolute atomic E-state index is 0.481. The molecule has 0 saturated carbocycles. The summed E-state index contributed by atoms with van der Waals surface area (Å²) in [7, 11) is 0. The lowest BCUT2D eigenvalue weighted by molar-refractivity contribution is 1.51. The molecule has 0 aromatic heterocycles. The Morgan fingerprint density at radius 3 is 2.17 bits per heavy atom. The van der Waals surface area contributed by atoms with Crippen LogP contribution in [0.2, 0.25) is 10.0 Å². The molecular weight excluding hydrogens is 403 g/mol. The molecule has 2 aromatic carbocycles. The number of nitrogens with two attached hydrogens (primary N) is 1. The van der Waals surface area contributed by atoms with E-state index < -0.39 is 0 Å². The number of halogens is 4. The van der Waals surface area contributed by atoms with Crippen molar-refractivity contribution in [1.29, 1.82) is 0 Å². The molecule has 0 amide bonds. The van der Waals surface area contributed by atoms with Gasteiger partial charge in [-0.05, 0) is 46.3 Å². The van der Waals surface area contributed by atoms with Gasteiger partial charge >= 0.3 is 0 Å². The summed E-state index contributed by atoms with van der Waals surface area (Å²) in [5, 5.41) is 4.14. The molecule has 0 aliphatic carbocycles. The van der Waals surface area contributed by atoms with Crippen LogP contribution in [0.3, 0.4) is 0 Å². The highest BCUT2D eigenvalue weighted by molar-refractivity contribution is 9.11. The van der Waals surface area contributed by atoms with E-state index in [9.17, 15) is 0 Å². The number of nitrogen functional groups attached to an aromatic ring is 1. The molecule has 0 saturated heterocycles. The fourth-order valence-corrected chi connectivity index (χ4v) is 3.18. The van der Waals surface area contributed by atoms with Crippen LogP contribution in [-0.4, -0.2) is 0 Å². The normalized spacial score (nSPS) is 10.4. The fraction of sp³-hybridized carbons (Fsp3) is 0. The zero-order chi connectivity index (χ0) is 13.3. The lowest BCUT2D eigenvalue weighted by atomic mass is 10.2. The first-order valence-corrected chi connectivity index (χ1v) is 7.28. The van der Waals surface area contributed by atoms with Crippen LogP contribution in [0.5, 0.6) is 0 Å². The summed E-state index contributed by atoms with van der Waals surface area (Å²) < 4.78 is 1.88. The van der Waals surface area contributed by atoms with Crippen molar-refractivity contribution in [2.24, 2.45) is 0 Å². The largest absolute Gasteiger partial charge is 0.399 e. The van der Waals surface area contributed by atoms with Crippen molar-refractivity contribution in [1.82, 2.24) is 0 Å². The zero-order valence-corrected chi connectivity index (χ0v) is 13.7. The highest BCUT2D eigenvalue weighted by Gasteiger charge is 2.09. The number of rotatable bonds is 2. The van der Waals surface area contributed by atoms with E-state index in [2.05, 4.69) is 37.2 Å². The van der Waals surface area contributed by atoms with Crippen LogP contribution < -0.4 is 11.1 Å². The molecule has 0 bridgehead atoms. The Kier molecular flexibility index (Phi) is 4.43. The first kappa shape index (κ1) is 14.0. The highest BCUT2D eigenvalue weighted by Crippen LogP contribution is 2.37. The second kappa shape index (κ2) is 5.70. The van der Waals surface area contributed by atoms with E-state index in [-0.39, 0.29) is 0 Å². The Hall–Kier alpha value is -0.420. The van der Waals surface area contributed by atoms with Crippen molar-refractivity contribution in [2.45, 2.75) is 0 Å². The van der Waals surface area contributed by atoms with Gasteiger partial charge in [0, 0.05) is 14.6 Å². The lowest BCUT2D eigenvalue weighted by Gasteiger charge is -2.13. The molecule has 18 heavy (non-hydrogen) atoms. The maximum Gasteiger partial charge on any atom is 0.0764 e. The number of benzene rings is 2. The summed E-state index contributed by atoms with van der Waals surface area (Å²) in [6.07, 6.45) is 0. The SMILES string of the molecule is Nc1cc(Cl)c(Nc2ccc(Br)cc2Br)c(Cl)c1. The number of hydrogen-bond acceptors (Lipinski definition) is 2. The van der Waals surface area contributed by atoms with Crippen molar-refractivity contribution >= 4 is 72.1 Å². The van der Waals surface area contributed by atoms with Crippen LogP contribution in [0.15, 0.2) is 39.3 Å². The first-order chi connectivity index (χ1) is 8.47. The second-order valence-corrected chi connectivity index (χ2v) is 6.19. The van der Waals surface area contributed by atoms with E-state index in [1.807, 2.05) is 18.2 Å². The van der Waals surface area contributed by atoms with E-state index in [0.717, 1.165) is 14.6 Å². The molecule has 0 heterocycles. The van der Waals surface area contributed by atoms with Gasteiger partial charge in [0.05, 0.1) is 21.4 Å². The lowest BCUT2D eigenvalue weighted by Crippen LogP contribution is -1.95. The summed E-state index contributed by atoms with van der Waals surface area (Å²) in [6.45, 7) is 0. The van der Waals surface area contributed by atoms with Gasteiger partial charge < -0.3 is 11.1 Å². The van der Waals surface area contributed by atoms with Crippen molar-refractivity contribution < 1.29 is 0 Å². The molecule has 0 radical (unpaired) electrons. The van der Waals surface area contributed by atoms with Crippen LogP contribution in [0.1, 0.15) is 0 Å². The summed E-state index contributed by atoms with van der Waals surface area (Å²) in [6, 6.07) is 9.08. The van der Waals surface area contributed by atoms with Crippen LogP contribution in [-0.2, 0) is 0 Å². The average Bonchev–Trinajstić information content (AvgIpc) is 2.25. The summed E-state index contributed by atoms with van der Waals surface area (Å²) in [5.74, 6) is 0. The Bertz CT molecular complexity index is 580. The Morgan fingerprint density at radius 2 is 1.61 bits per heavy atom. The Balaban J connectivity index is 2.40. The molecule has 0 aliphatic heterocycles. The van der Waals surface area contributed by atoms with Crippen LogP contribution in [0.4, 0.5) is 17.1 Å². The number of hydrogen-bond donors (Lipinski definition) is 2. The molecule has 2 nitrogen and oxygen atoms in total. The van der Waals surface area contributed by atoms with E-state index >= 15 is 0 Å². The first-order valence-electron chi connectivity index (χ1n) is 4.94. The summed E-state index contributed by atoms with van der Waals surface area (Å²) in [5.41, 5.74) is 7.69. The summed E-state index contributed by atoms with van der Waals surface area (Å²) >= 11 is 19.1. The van der Waals surface area contributed by atoms with Gasteiger partial charge in [0.1, 0.15) is 0 Å². The third-order valence-corrected chi connectivity index (χ3v) is 4.00. The van der Waals surface area contributed by atoms with Gasteiger partial charge in [-0.25, -0.2) is 0 Å². The molecule has 0 aliphatic rings. The van der Waals surface area contributed by atoms with Gasteiger partial charge in [-0.1, -0.05) is 39.1 Å². The van der Waals surface area contributed by atoms with Crippen molar-refractivity contribution in [3.05, 3.63) is 49.3 Å². The van der Waals surface area contributed by atoms with Gasteiger partial charge in [0.25, 0.3) is 0 Å². The third kappa shape index (κ3) is 3.12. The van der Waals surface area contributed by atoms with Gasteiger partial charge in [0.15, 0.2) is 0 Å². The van der Waals surface area contributed by atoms with Crippen LogP contribution in [0.25, 0.3) is 0 Å². The fourth-order valence-electron chi connectivity index (χ4n) is 1.44. The van der Waals surface area contributed by atoms with E-state index in [1.165, 1.54) is 0 Å². The molecule has 6 heteroatoms. The van der Waals surface area contributed by atoms with E-state index in [1.54, 1.807) is 12.1 Å². The van der Waals surface area contributed by atoms with Gasteiger partial charge in [-0.15, -0.1) is 0 Å². The predicted molar refractivity (Wildman–Crippen MR) is 86.0 cm³/mol. The molecule has 94 valence electrons. The quantitative estimate of drug-likeness (QED) is 0.610. The molecule has 0 unspecified atom stereocenters. The highest BCUT2D eigenvalue weighted by atomic mass is 79.9. The van der Waals surface area contributed by atoms with Crippen molar-refractivity contribution in [2.75, 3.05) is 11.1 Å². The van der Waals surface area contributed by atoms with Crippen LogP contribution >= 0.6 is 55.1 Å². The molecular formula is C12H8Br2Cl2N2. The maximum absolute atomic E-state index is 6.12. The third-order valence-electron chi connectivity index (χ3n) is 2.26. The maximum atomic E-state index is 6.12. The molecule has 3 N–H and O–H groups in total. The van der Waals surface area contributed by atoms with Gasteiger partial charge in [-0.3, -0.25) is 0 Å². The topological polar surface area (TPSA) is 38.0 Å². The summed E-state index contributed by atoms with van der Waals surface area (Å²) in [4.78, 5) is 0. The predicted octanol–water partition coefficient (Wildman–Crippen LogP) is 5.84. The second-order valence-electron chi connectivity index (χ2n) is 3.61. The molecule has 0 fully saturated rings. The van der Waals surface area contributed by atoms with Crippen molar-refractivity contribution in [3.63, 3.8) is 0 Å². The Labute approximate surface area is 132 Å². The van der Waals surface area contributed by atoms with Crippen LogP contribution in [0, 0.1) is 0 Å². The van der Waals surface area contributed by atoms with Gasteiger partial charge in [0.2, 0.25) is 0 Å². The van der Waals surface area contributed by atoms with Gasteiger partial charge in [-0.2, -0.15) is 0 Å². The zero-order valence-electron chi connectivity index (χ0n) is 8.98. The minimum Gasteiger partial charge on any atom is -0.399 e. The average molecular weight is 411 g/mol. The van der Waals surface area contributed by atoms with Crippen molar-refractivity contribution in [3.8, 4) is 0 Å².